The van der Waals surface area contributed by atoms with Crippen LogP contribution in [0, 0.1) is 0 Å². The van der Waals surface area contributed by atoms with Crippen molar-refractivity contribution in [1.82, 2.24) is 9.97 Å². The average molecular weight is 166 g/mol. The van der Waals surface area contributed by atoms with E-state index in [0.717, 1.165) is 0 Å². The van der Waals surface area contributed by atoms with Gasteiger partial charge in [-0.05, 0) is 0 Å². The minimum absolute atomic E-state index is 0.106. The lowest BCUT2D eigenvalue weighted by Crippen LogP contribution is -2.10. The van der Waals surface area contributed by atoms with E-state index >= 15 is 0 Å². The van der Waals surface area contributed by atoms with Gasteiger partial charge in [0.15, 0.2) is 11.5 Å². The molecule has 0 saturated carbocycles. The number of ketones is 1. The van der Waals surface area contributed by atoms with Crippen molar-refractivity contribution < 1.29 is 14.7 Å². The van der Waals surface area contributed by atoms with Crippen molar-refractivity contribution >= 4 is 11.8 Å². The molecule has 62 valence electrons. The van der Waals surface area contributed by atoms with Crippen molar-refractivity contribution in [3.63, 3.8) is 0 Å². The highest BCUT2D eigenvalue weighted by atomic mass is 16.4. The first kappa shape index (κ1) is 8.32. The van der Waals surface area contributed by atoms with Gasteiger partial charge in [-0.25, -0.2) is 14.8 Å². The highest BCUT2D eigenvalue weighted by molar-refractivity contribution is 6.01. The van der Waals surface area contributed by atoms with Gasteiger partial charge in [0.05, 0.1) is 0 Å². The summed E-state index contributed by atoms with van der Waals surface area (Å²) in [4.78, 5) is 28.4. The van der Waals surface area contributed by atoms with E-state index in [-0.39, 0.29) is 11.4 Å². The standard InChI is InChI=1S/C7H6N2O3/c1-4(10)5-6(7(11)12)9-3-2-8-5/h2-3H,1H3,(H,11,12). The molecule has 0 radical (unpaired) electrons. The summed E-state index contributed by atoms with van der Waals surface area (Å²) in [5.74, 6) is -1.64. The lowest BCUT2D eigenvalue weighted by molar-refractivity contribution is 0.0684. The van der Waals surface area contributed by atoms with E-state index in [4.69, 9.17) is 5.11 Å². The monoisotopic (exact) mass is 166 g/mol. The first-order chi connectivity index (χ1) is 5.63. The fraction of sp³-hybridized carbons (Fsp3) is 0.143. The van der Waals surface area contributed by atoms with Crippen molar-refractivity contribution in [1.29, 1.82) is 0 Å². The van der Waals surface area contributed by atoms with E-state index in [1.807, 2.05) is 0 Å². The Bertz CT molecular complexity index is 302. The summed E-state index contributed by atoms with van der Waals surface area (Å²) in [6.07, 6.45) is 2.51. The molecule has 5 nitrogen and oxygen atoms in total. The molecule has 0 bridgehead atoms. The average Bonchev–Trinajstić information content (AvgIpc) is 2.04. The van der Waals surface area contributed by atoms with Gasteiger partial charge in [0.2, 0.25) is 0 Å². The zero-order chi connectivity index (χ0) is 9.14. The number of carbonyl (C=O) groups excluding carboxylic acids is 1. The van der Waals surface area contributed by atoms with Crippen molar-refractivity contribution in [2.45, 2.75) is 6.92 Å². The second-order valence-electron chi connectivity index (χ2n) is 2.11. The van der Waals surface area contributed by atoms with Gasteiger partial charge in [-0.3, -0.25) is 4.79 Å². The summed E-state index contributed by atoms with van der Waals surface area (Å²) in [6, 6.07) is 0. The number of nitrogens with zero attached hydrogens (tertiary/aromatic N) is 2. The molecule has 0 spiro atoms. The fourth-order valence-corrected chi connectivity index (χ4v) is 0.752. The summed E-state index contributed by atoms with van der Waals surface area (Å²) in [5.41, 5.74) is -0.407. The van der Waals surface area contributed by atoms with Gasteiger partial charge in [-0.2, -0.15) is 0 Å². The Labute approximate surface area is 68.1 Å². The molecule has 5 heteroatoms. The number of carboxylic acid groups (broad SMARTS) is 1. The minimum Gasteiger partial charge on any atom is -0.476 e. The van der Waals surface area contributed by atoms with Gasteiger partial charge >= 0.3 is 5.97 Å². The Kier molecular flexibility index (Phi) is 2.14. The molecule has 1 rings (SSSR count). The minimum atomic E-state index is -1.24. The van der Waals surface area contributed by atoms with Crippen LogP contribution in [0.4, 0.5) is 0 Å². The van der Waals surface area contributed by atoms with Crippen molar-refractivity contribution in [2.24, 2.45) is 0 Å². The number of Topliss-reactive ketones (excluding diaryl/α,β-unsaturated/α-hetero) is 1. The molecule has 0 unspecified atom stereocenters. The molecule has 0 aliphatic carbocycles. The Balaban J connectivity index is 3.27. The summed E-state index contributed by atoms with van der Waals surface area (Å²) in [5, 5.41) is 8.56. The van der Waals surface area contributed by atoms with Gasteiger partial charge < -0.3 is 5.11 Å². The first-order valence-electron chi connectivity index (χ1n) is 3.18. The van der Waals surface area contributed by atoms with Crippen LogP contribution in [0.3, 0.4) is 0 Å². The zero-order valence-electron chi connectivity index (χ0n) is 6.31. The van der Waals surface area contributed by atoms with Gasteiger partial charge in [0, 0.05) is 19.3 Å². The second kappa shape index (κ2) is 3.08. The van der Waals surface area contributed by atoms with E-state index in [1.165, 1.54) is 19.3 Å². The molecule has 1 aromatic heterocycles. The Morgan fingerprint density at radius 2 is 1.75 bits per heavy atom. The molecular formula is C7H6N2O3. The number of hydrogen-bond acceptors (Lipinski definition) is 4. The van der Waals surface area contributed by atoms with Crippen LogP contribution in [-0.4, -0.2) is 26.8 Å². The Morgan fingerprint density at radius 3 is 2.08 bits per heavy atom. The maximum atomic E-state index is 10.8. The molecule has 12 heavy (non-hydrogen) atoms. The number of rotatable bonds is 2. The van der Waals surface area contributed by atoms with Crippen LogP contribution < -0.4 is 0 Å². The SMILES string of the molecule is CC(=O)c1nccnc1C(=O)O. The van der Waals surface area contributed by atoms with E-state index in [2.05, 4.69) is 9.97 Å². The lowest BCUT2D eigenvalue weighted by atomic mass is 10.2. The number of hydrogen-bond donors (Lipinski definition) is 1. The maximum absolute atomic E-state index is 10.8. The molecule has 1 aromatic rings. The first-order valence-corrected chi connectivity index (χ1v) is 3.18. The van der Waals surface area contributed by atoms with Crippen molar-refractivity contribution in [3.8, 4) is 0 Å². The number of carbonyl (C=O) groups is 2. The van der Waals surface area contributed by atoms with Crippen molar-refractivity contribution in [3.05, 3.63) is 23.8 Å². The van der Waals surface area contributed by atoms with Crippen molar-refractivity contribution in [2.75, 3.05) is 0 Å². The lowest BCUT2D eigenvalue weighted by Gasteiger charge is -1.97. The summed E-state index contributed by atoms with van der Waals surface area (Å²) in [7, 11) is 0. The zero-order valence-corrected chi connectivity index (χ0v) is 6.31. The molecule has 0 aliphatic heterocycles. The third-order valence-corrected chi connectivity index (χ3v) is 1.23. The predicted octanol–water partition coefficient (Wildman–Crippen LogP) is 0.377. The number of aromatic nitrogens is 2. The summed E-state index contributed by atoms with van der Waals surface area (Å²) >= 11 is 0. The Morgan fingerprint density at radius 1 is 1.25 bits per heavy atom. The van der Waals surface area contributed by atoms with Crippen LogP contribution in [0.15, 0.2) is 12.4 Å². The molecule has 0 saturated heterocycles. The molecule has 0 aromatic carbocycles. The molecule has 0 amide bonds. The third-order valence-electron chi connectivity index (χ3n) is 1.23. The van der Waals surface area contributed by atoms with E-state index in [0.29, 0.717) is 0 Å². The van der Waals surface area contributed by atoms with Gasteiger partial charge in [-0.1, -0.05) is 0 Å². The summed E-state index contributed by atoms with van der Waals surface area (Å²) in [6.45, 7) is 1.25. The molecular weight excluding hydrogens is 160 g/mol. The molecule has 0 fully saturated rings. The maximum Gasteiger partial charge on any atom is 0.356 e. The van der Waals surface area contributed by atoms with Crippen LogP contribution in [0.25, 0.3) is 0 Å². The van der Waals surface area contributed by atoms with Crippen LogP contribution >= 0.6 is 0 Å². The highest BCUT2D eigenvalue weighted by Gasteiger charge is 2.15. The second-order valence-corrected chi connectivity index (χ2v) is 2.11. The number of carboxylic acids is 1. The smallest absolute Gasteiger partial charge is 0.356 e. The molecule has 0 atom stereocenters. The third kappa shape index (κ3) is 1.45. The van der Waals surface area contributed by atoms with Crippen LogP contribution in [0.1, 0.15) is 27.9 Å². The predicted molar refractivity (Wildman–Crippen MR) is 39.0 cm³/mol. The fourth-order valence-electron chi connectivity index (χ4n) is 0.752. The van der Waals surface area contributed by atoms with Gasteiger partial charge in [0.1, 0.15) is 5.69 Å². The van der Waals surface area contributed by atoms with E-state index in [9.17, 15) is 9.59 Å². The largest absolute Gasteiger partial charge is 0.476 e. The number of aromatic carboxylic acids is 1. The molecule has 1 heterocycles. The van der Waals surface area contributed by atoms with Crippen LogP contribution in [-0.2, 0) is 0 Å². The van der Waals surface area contributed by atoms with Crippen LogP contribution in [0.2, 0.25) is 0 Å². The Hall–Kier alpha value is -1.78. The van der Waals surface area contributed by atoms with Gasteiger partial charge in [-0.15, -0.1) is 0 Å². The normalized spacial score (nSPS) is 9.42. The molecule has 1 N–H and O–H groups in total. The molecule has 0 aliphatic rings. The summed E-state index contributed by atoms with van der Waals surface area (Å²) < 4.78 is 0. The highest BCUT2D eigenvalue weighted by Crippen LogP contribution is 2.01. The topological polar surface area (TPSA) is 80.2 Å². The van der Waals surface area contributed by atoms with E-state index < -0.39 is 11.8 Å². The van der Waals surface area contributed by atoms with Gasteiger partial charge in [0.25, 0.3) is 0 Å². The quantitative estimate of drug-likeness (QED) is 0.642. The van der Waals surface area contributed by atoms with Crippen LogP contribution in [0.5, 0.6) is 0 Å². The van der Waals surface area contributed by atoms with E-state index in [1.54, 1.807) is 0 Å².